The number of carbonyl (C=O) groups excluding carboxylic acids is 1. The molecule has 0 amide bonds. The first-order valence-corrected chi connectivity index (χ1v) is 13.3. The number of allylic oxidation sites excluding steroid dienone is 2. The number of carbonyl (C=O) groups is 1. The molecule has 1 aliphatic rings. The number of nitrogens with one attached hydrogen (secondary N) is 1. The maximum Gasteiger partial charge on any atom is 0.283 e. The van der Waals surface area contributed by atoms with Gasteiger partial charge in [-0.25, -0.2) is 8.42 Å². The number of fused-ring (bicyclic) bond motifs is 1. The predicted molar refractivity (Wildman–Crippen MR) is 130 cm³/mol. The summed E-state index contributed by atoms with van der Waals surface area (Å²) in [5.41, 5.74) is 2.18. The molecule has 0 bridgehead atoms. The van der Waals surface area contributed by atoms with Crippen LogP contribution in [0.4, 0.5) is 0 Å². The number of hydrogen-bond acceptors (Lipinski definition) is 5. The molecule has 3 aromatic carbocycles. The Hall–Kier alpha value is -3.56. The van der Waals surface area contributed by atoms with E-state index in [2.05, 4.69) is 9.12 Å². The Morgan fingerprint density at radius 3 is 1.94 bits per heavy atom. The molecule has 0 fully saturated rings. The Morgan fingerprint density at radius 1 is 0.765 bits per heavy atom. The highest BCUT2D eigenvalue weighted by Gasteiger charge is 2.29. The quantitative estimate of drug-likeness (QED) is 0.579. The third-order valence-electron chi connectivity index (χ3n) is 5.35. The highest BCUT2D eigenvalue weighted by molar-refractivity contribution is 7.90. The molecule has 1 N–H and O–H groups in total. The fourth-order valence-corrected chi connectivity index (χ4v) is 6.54. The summed E-state index contributed by atoms with van der Waals surface area (Å²) in [5, 5.41) is 0. The Balaban J connectivity index is 1.86. The van der Waals surface area contributed by atoms with Crippen molar-refractivity contribution < 1.29 is 21.6 Å². The number of sulfonamides is 2. The number of rotatable bonds is 5. The Morgan fingerprint density at radius 2 is 1.32 bits per heavy atom. The first-order chi connectivity index (χ1) is 16.0. The van der Waals surface area contributed by atoms with E-state index >= 15 is 0 Å². The van der Waals surface area contributed by atoms with Crippen LogP contribution in [0.3, 0.4) is 0 Å². The van der Waals surface area contributed by atoms with Crippen molar-refractivity contribution in [1.29, 1.82) is 0 Å². The van der Waals surface area contributed by atoms with E-state index in [1.807, 2.05) is 6.92 Å². The number of aryl methyl sites for hydroxylation is 3. The molecule has 0 aromatic heterocycles. The lowest BCUT2D eigenvalue weighted by Gasteiger charge is -2.19. The van der Waals surface area contributed by atoms with Crippen molar-refractivity contribution in [3.8, 4) is 0 Å². The van der Waals surface area contributed by atoms with Crippen LogP contribution in [0.25, 0.3) is 0 Å². The van der Waals surface area contributed by atoms with Crippen molar-refractivity contribution >= 4 is 31.5 Å². The van der Waals surface area contributed by atoms with Gasteiger partial charge in [-0.3, -0.25) is 9.52 Å². The summed E-state index contributed by atoms with van der Waals surface area (Å²) in [5.74, 6) is -0.575. The molecule has 0 atom stereocenters. The third-order valence-corrected chi connectivity index (χ3v) is 8.33. The predicted octanol–water partition coefficient (Wildman–Crippen LogP) is 3.85. The molecule has 0 spiro atoms. The van der Waals surface area contributed by atoms with Gasteiger partial charge in [-0.05, 0) is 50.1 Å². The summed E-state index contributed by atoms with van der Waals surface area (Å²) in [6, 6.07) is 17.5. The Kier molecular flexibility index (Phi) is 6.01. The fraction of sp³-hybridized carbons (Fsp3) is 0.120. The summed E-state index contributed by atoms with van der Waals surface area (Å²) in [6.07, 6.45) is 1.17. The molecule has 0 heterocycles. The van der Waals surface area contributed by atoms with E-state index < -0.39 is 25.8 Å². The lowest BCUT2D eigenvalue weighted by atomic mass is 9.93. The van der Waals surface area contributed by atoms with Crippen molar-refractivity contribution in [2.45, 2.75) is 30.6 Å². The van der Waals surface area contributed by atoms with Crippen LogP contribution < -0.4 is 4.72 Å². The van der Waals surface area contributed by atoms with Crippen molar-refractivity contribution in [1.82, 2.24) is 4.72 Å². The number of nitrogens with zero attached hydrogens (tertiary/aromatic N) is 1. The van der Waals surface area contributed by atoms with Gasteiger partial charge in [0.25, 0.3) is 20.0 Å². The first-order valence-electron chi connectivity index (χ1n) is 10.4. The molecule has 0 unspecified atom stereocenters. The zero-order chi connectivity index (χ0) is 24.7. The molecular formula is C25H22N2O5S2. The highest BCUT2D eigenvalue weighted by atomic mass is 32.2. The van der Waals surface area contributed by atoms with Crippen LogP contribution in [0.15, 0.2) is 92.7 Å². The smallest absolute Gasteiger partial charge is 0.283 e. The fourth-order valence-electron chi connectivity index (χ4n) is 4.03. The SMILES string of the molecule is Cc1cc(C)c(S(=O)(=O)/N=C2\C=C(NS(=O)(=O)c3ccccc3)C(=O)c3ccccc32)c(C)c1. The summed E-state index contributed by atoms with van der Waals surface area (Å²) in [4.78, 5) is 13.1. The molecule has 174 valence electrons. The summed E-state index contributed by atoms with van der Waals surface area (Å²) < 4.78 is 58.6. The largest absolute Gasteiger partial charge is 0.287 e. The average molecular weight is 495 g/mol. The second-order valence-corrected chi connectivity index (χ2v) is 11.3. The van der Waals surface area contributed by atoms with Gasteiger partial charge in [0.05, 0.1) is 21.2 Å². The lowest BCUT2D eigenvalue weighted by Crippen LogP contribution is -2.31. The second kappa shape index (κ2) is 8.66. The molecule has 1 aliphatic carbocycles. The van der Waals surface area contributed by atoms with Gasteiger partial charge in [0.1, 0.15) is 0 Å². The molecular weight excluding hydrogens is 472 g/mol. The molecule has 0 saturated carbocycles. The summed E-state index contributed by atoms with van der Waals surface area (Å²) in [6.45, 7) is 5.26. The van der Waals surface area contributed by atoms with Crippen LogP contribution in [0.2, 0.25) is 0 Å². The minimum absolute atomic E-state index is 0.0275. The number of Topliss-reactive ketones (excluding diaryl/α,β-unsaturated/α-hetero) is 1. The van der Waals surface area contributed by atoms with E-state index in [1.165, 1.54) is 24.3 Å². The van der Waals surface area contributed by atoms with Crippen LogP contribution in [-0.4, -0.2) is 28.3 Å². The molecule has 0 saturated heterocycles. The molecule has 3 aromatic rings. The maximum atomic E-state index is 13.3. The Bertz CT molecular complexity index is 1560. The van der Waals surface area contributed by atoms with Gasteiger partial charge in [0, 0.05) is 11.1 Å². The van der Waals surface area contributed by atoms with E-state index in [1.54, 1.807) is 62.4 Å². The standard InChI is InChI=1S/C25H22N2O5S2/c1-16-13-17(2)25(18(3)14-16)34(31,32)26-22-15-23(24(28)21-12-8-7-11-20(21)22)27-33(29,30)19-9-5-4-6-10-19/h4-15,27H,1-3H3/b26-22+. The van der Waals surface area contributed by atoms with E-state index in [0.717, 1.165) is 5.56 Å². The first kappa shape index (κ1) is 23.6. The van der Waals surface area contributed by atoms with Crippen molar-refractivity contribution in [2.24, 2.45) is 4.40 Å². The molecule has 9 heteroatoms. The average Bonchev–Trinajstić information content (AvgIpc) is 2.76. The van der Waals surface area contributed by atoms with E-state index in [4.69, 9.17) is 0 Å². The topological polar surface area (TPSA) is 110 Å². The monoisotopic (exact) mass is 494 g/mol. The van der Waals surface area contributed by atoms with Gasteiger partial charge < -0.3 is 0 Å². The minimum Gasteiger partial charge on any atom is -0.287 e. The molecule has 7 nitrogen and oxygen atoms in total. The van der Waals surface area contributed by atoms with E-state index in [0.29, 0.717) is 16.7 Å². The summed E-state index contributed by atoms with van der Waals surface area (Å²) >= 11 is 0. The van der Waals surface area contributed by atoms with Gasteiger partial charge in [-0.2, -0.15) is 12.8 Å². The van der Waals surface area contributed by atoms with Crippen LogP contribution in [-0.2, 0) is 20.0 Å². The van der Waals surface area contributed by atoms with Crippen molar-refractivity contribution in [2.75, 3.05) is 0 Å². The van der Waals surface area contributed by atoms with E-state index in [-0.39, 0.29) is 26.8 Å². The normalized spacial score (nSPS) is 15.1. The van der Waals surface area contributed by atoms with Crippen LogP contribution in [0.1, 0.15) is 32.6 Å². The van der Waals surface area contributed by atoms with Gasteiger partial charge in [0.15, 0.2) is 0 Å². The lowest BCUT2D eigenvalue weighted by molar-refractivity contribution is 0.102. The van der Waals surface area contributed by atoms with E-state index in [9.17, 15) is 21.6 Å². The zero-order valence-corrected chi connectivity index (χ0v) is 20.4. The van der Waals surface area contributed by atoms with Crippen LogP contribution in [0, 0.1) is 20.8 Å². The van der Waals surface area contributed by atoms with Gasteiger partial charge in [0.2, 0.25) is 5.78 Å². The van der Waals surface area contributed by atoms with Gasteiger partial charge >= 0.3 is 0 Å². The molecule has 34 heavy (non-hydrogen) atoms. The maximum absolute atomic E-state index is 13.3. The number of ketones is 1. The minimum atomic E-state index is -4.16. The van der Waals surface area contributed by atoms with Crippen LogP contribution in [0.5, 0.6) is 0 Å². The summed E-state index contributed by atoms with van der Waals surface area (Å²) in [7, 11) is -8.24. The third kappa shape index (κ3) is 4.44. The molecule has 0 aliphatic heterocycles. The Labute approximate surface area is 199 Å². The zero-order valence-electron chi connectivity index (χ0n) is 18.7. The second-order valence-electron chi connectivity index (χ2n) is 8.03. The number of benzene rings is 3. The molecule has 0 radical (unpaired) electrons. The van der Waals surface area contributed by atoms with Gasteiger partial charge in [-0.15, -0.1) is 0 Å². The highest BCUT2D eigenvalue weighted by Crippen LogP contribution is 2.27. The number of hydrogen-bond donors (Lipinski definition) is 1. The van der Waals surface area contributed by atoms with Gasteiger partial charge in [-0.1, -0.05) is 60.2 Å². The van der Waals surface area contributed by atoms with Crippen molar-refractivity contribution in [3.63, 3.8) is 0 Å². The van der Waals surface area contributed by atoms with Crippen LogP contribution >= 0.6 is 0 Å². The van der Waals surface area contributed by atoms with Crippen molar-refractivity contribution in [3.05, 3.63) is 106 Å². The molecule has 4 rings (SSSR count).